The van der Waals surface area contributed by atoms with Crippen LogP contribution in [0.2, 0.25) is 5.02 Å². The van der Waals surface area contributed by atoms with E-state index in [0.29, 0.717) is 23.8 Å². The van der Waals surface area contributed by atoms with E-state index in [-0.39, 0.29) is 41.3 Å². The molecule has 11 nitrogen and oxygen atoms in total. The summed E-state index contributed by atoms with van der Waals surface area (Å²) in [6, 6.07) is 3.09. The van der Waals surface area contributed by atoms with Crippen molar-refractivity contribution in [3.8, 4) is 11.4 Å². The summed E-state index contributed by atoms with van der Waals surface area (Å²) in [6.45, 7) is 4.18. The highest BCUT2D eigenvalue weighted by molar-refractivity contribution is 6.33. The Bertz CT molecular complexity index is 1070. The van der Waals surface area contributed by atoms with Crippen molar-refractivity contribution >= 4 is 17.5 Å². The summed E-state index contributed by atoms with van der Waals surface area (Å²) in [5.41, 5.74) is -0.670. The number of methoxy groups -OCH3 is 1. The second-order valence-corrected chi connectivity index (χ2v) is 7.79. The zero-order valence-electron chi connectivity index (χ0n) is 16.6. The predicted molar refractivity (Wildman–Crippen MR) is 104 cm³/mol. The number of ether oxygens (including phenoxy) is 1. The highest BCUT2D eigenvalue weighted by Gasteiger charge is 2.45. The molecule has 1 aliphatic heterocycles. The first kappa shape index (κ1) is 20.2. The molecule has 30 heavy (non-hydrogen) atoms. The molecule has 1 fully saturated rings. The molecule has 0 unspecified atom stereocenters. The third-order valence-corrected chi connectivity index (χ3v) is 5.29. The number of halogens is 1. The number of hydrogen-bond acceptors (Lipinski definition) is 9. The van der Waals surface area contributed by atoms with Gasteiger partial charge in [0.1, 0.15) is 12.1 Å². The Kier molecular flexibility index (Phi) is 5.16. The van der Waals surface area contributed by atoms with Crippen LogP contribution in [0.1, 0.15) is 48.3 Å². The standard InChI is InChI=1S/C18H20ClN7O4/c1-10(2)15-21-17(30-22-15)18(28)4-5-25(8-18)16(27)11-6-12(19)13(7-14(11)29-3)26-9-20-23-24-26/h6-7,9-10,28H,4-5,8H2,1-3H3/t18-/m0/s1. The zero-order chi connectivity index (χ0) is 21.5. The molecule has 0 aliphatic carbocycles. The smallest absolute Gasteiger partial charge is 0.260 e. The van der Waals surface area contributed by atoms with Gasteiger partial charge < -0.3 is 19.3 Å². The second-order valence-electron chi connectivity index (χ2n) is 7.38. The summed E-state index contributed by atoms with van der Waals surface area (Å²) in [5.74, 6) is 0.660. The Hall–Kier alpha value is -3.05. The second kappa shape index (κ2) is 7.65. The number of nitrogens with zero attached hydrogens (tertiary/aromatic N) is 7. The number of benzene rings is 1. The molecule has 1 N–H and O–H groups in total. The number of likely N-dealkylation sites (tertiary alicyclic amines) is 1. The van der Waals surface area contributed by atoms with Crippen molar-refractivity contribution in [3.05, 3.63) is 40.8 Å². The van der Waals surface area contributed by atoms with Crippen molar-refractivity contribution in [1.82, 2.24) is 35.2 Å². The van der Waals surface area contributed by atoms with Gasteiger partial charge in [0.05, 0.1) is 29.9 Å². The Morgan fingerprint density at radius 2 is 2.20 bits per heavy atom. The van der Waals surface area contributed by atoms with E-state index in [2.05, 4.69) is 25.7 Å². The molecule has 1 aromatic carbocycles. The predicted octanol–water partition coefficient (Wildman–Crippen LogP) is 1.56. The monoisotopic (exact) mass is 433 g/mol. The molecule has 1 saturated heterocycles. The Morgan fingerprint density at radius 3 is 2.83 bits per heavy atom. The first-order valence-electron chi connectivity index (χ1n) is 9.29. The van der Waals surface area contributed by atoms with Crippen molar-refractivity contribution in [2.45, 2.75) is 31.8 Å². The molecule has 2 aromatic heterocycles. The minimum Gasteiger partial charge on any atom is -0.496 e. The summed E-state index contributed by atoms with van der Waals surface area (Å²) in [4.78, 5) is 19.0. The maximum absolute atomic E-state index is 13.2. The minimum atomic E-state index is -1.40. The van der Waals surface area contributed by atoms with Crippen LogP contribution in [0.15, 0.2) is 23.0 Å². The number of carbonyl (C=O) groups is 1. The van der Waals surface area contributed by atoms with Gasteiger partial charge in [0.25, 0.3) is 11.8 Å². The first-order valence-corrected chi connectivity index (χ1v) is 9.67. The van der Waals surface area contributed by atoms with Gasteiger partial charge in [0.15, 0.2) is 11.4 Å². The maximum Gasteiger partial charge on any atom is 0.260 e. The van der Waals surface area contributed by atoms with E-state index in [1.807, 2.05) is 13.8 Å². The lowest BCUT2D eigenvalue weighted by molar-refractivity contribution is 0.0136. The van der Waals surface area contributed by atoms with Crippen LogP contribution in [0.25, 0.3) is 5.69 Å². The van der Waals surface area contributed by atoms with Gasteiger partial charge in [-0.05, 0) is 16.5 Å². The normalized spacial score (nSPS) is 18.9. The maximum atomic E-state index is 13.2. The quantitative estimate of drug-likeness (QED) is 0.636. The molecule has 0 bridgehead atoms. The third kappa shape index (κ3) is 3.50. The summed E-state index contributed by atoms with van der Waals surface area (Å²) in [6.07, 6.45) is 1.66. The molecule has 3 heterocycles. The van der Waals surface area contributed by atoms with Crippen LogP contribution in [-0.2, 0) is 5.60 Å². The number of carbonyl (C=O) groups excluding carboxylic acids is 1. The van der Waals surface area contributed by atoms with Crippen LogP contribution in [0.5, 0.6) is 5.75 Å². The molecule has 1 amide bonds. The van der Waals surface area contributed by atoms with E-state index in [9.17, 15) is 9.90 Å². The van der Waals surface area contributed by atoms with Gasteiger partial charge >= 0.3 is 0 Å². The van der Waals surface area contributed by atoms with E-state index < -0.39 is 5.60 Å². The van der Waals surface area contributed by atoms with Crippen molar-refractivity contribution in [3.63, 3.8) is 0 Å². The molecule has 0 saturated carbocycles. The van der Waals surface area contributed by atoms with Crippen LogP contribution in [0.3, 0.4) is 0 Å². The molecule has 1 atom stereocenters. The number of rotatable bonds is 5. The van der Waals surface area contributed by atoms with E-state index in [1.165, 1.54) is 29.1 Å². The fraction of sp³-hybridized carbons (Fsp3) is 0.444. The van der Waals surface area contributed by atoms with E-state index in [0.717, 1.165) is 0 Å². The SMILES string of the molecule is COc1cc(-n2cnnn2)c(Cl)cc1C(=O)N1CC[C@@](O)(c2nc(C(C)C)no2)C1. The molecule has 158 valence electrons. The third-order valence-electron chi connectivity index (χ3n) is 4.99. The van der Waals surface area contributed by atoms with E-state index in [1.54, 1.807) is 6.07 Å². The van der Waals surface area contributed by atoms with Gasteiger partial charge in [-0.3, -0.25) is 4.79 Å². The molecule has 1 aliphatic rings. The number of aromatic nitrogens is 6. The summed E-state index contributed by atoms with van der Waals surface area (Å²) < 4.78 is 12.0. The van der Waals surface area contributed by atoms with Crippen LogP contribution >= 0.6 is 11.6 Å². The molecule has 4 rings (SSSR count). The topological polar surface area (TPSA) is 132 Å². The number of tetrazole rings is 1. The minimum absolute atomic E-state index is 0.0150. The zero-order valence-corrected chi connectivity index (χ0v) is 17.4. The van der Waals surface area contributed by atoms with Gasteiger partial charge in [-0.15, -0.1) is 5.10 Å². The fourth-order valence-electron chi connectivity index (χ4n) is 3.30. The molecule has 3 aromatic rings. The van der Waals surface area contributed by atoms with Gasteiger partial charge in [-0.1, -0.05) is 30.6 Å². The number of hydrogen-bond donors (Lipinski definition) is 1. The van der Waals surface area contributed by atoms with Gasteiger partial charge in [0, 0.05) is 24.9 Å². The van der Waals surface area contributed by atoms with Crippen molar-refractivity contribution in [1.29, 1.82) is 0 Å². The highest BCUT2D eigenvalue weighted by atomic mass is 35.5. The lowest BCUT2D eigenvalue weighted by Gasteiger charge is -2.21. The largest absolute Gasteiger partial charge is 0.496 e. The average molecular weight is 434 g/mol. The lowest BCUT2D eigenvalue weighted by atomic mass is 10.0. The molecular formula is C18H20ClN7O4. The highest BCUT2D eigenvalue weighted by Crippen LogP contribution is 2.35. The van der Waals surface area contributed by atoms with Crippen LogP contribution in [0.4, 0.5) is 0 Å². The Morgan fingerprint density at radius 1 is 1.40 bits per heavy atom. The molecule has 0 radical (unpaired) electrons. The molecular weight excluding hydrogens is 414 g/mol. The van der Waals surface area contributed by atoms with Crippen molar-refractivity contribution in [2.24, 2.45) is 0 Å². The number of β-amino-alcohol motifs (C(OH)–C–C–N with tert-alkyl or cyclic N) is 1. The van der Waals surface area contributed by atoms with Crippen LogP contribution < -0.4 is 4.74 Å². The average Bonchev–Trinajstić information content (AvgIpc) is 3.48. The van der Waals surface area contributed by atoms with Gasteiger partial charge in [-0.25, -0.2) is 0 Å². The van der Waals surface area contributed by atoms with Crippen LogP contribution in [-0.4, -0.2) is 66.5 Å². The Balaban J connectivity index is 1.60. The van der Waals surface area contributed by atoms with E-state index >= 15 is 0 Å². The van der Waals surface area contributed by atoms with Gasteiger partial charge in [0.2, 0.25) is 0 Å². The van der Waals surface area contributed by atoms with Crippen LogP contribution in [0, 0.1) is 0 Å². The number of aliphatic hydroxyl groups is 1. The summed E-state index contributed by atoms with van der Waals surface area (Å²) in [5, 5.41) is 26.2. The van der Waals surface area contributed by atoms with Crippen molar-refractivity contribution in [2.75, 3.05) is 20.2 Å². The Labute approximate surface area is 176 Å². The van der Waals surface area contributed by atoms with Gasteiger partial charge in [-0.2, -0.15) is 9.67 Å². The summed E-state index contributed by atoms with van der Waals surface area (Å²) >= 11 is 6.36. The molecule has 0 spiro atoms. The molecule has 12 heteroatoms. The number of amides is 1. The fourth-order valence-corrected chi connectivity index (χ4v) is 3.55. The first-order chi connectivity index (χ1) is 14.3. The summed E-state index contributed by atoms with van der Waals surface area (Å²) in [7, 11) is 1.45. The van der Waals surface area contributed by atoms with E-state index in [4.69, 9.17) is 20.9 Å². The van der Waals surface area contributed by atoms with Crippen molar-refractivity contribution < 1.29 is 19.2 Å². The lowest BCUT2D eigenvalue weighted by Crippen LogP contribution is -2.35.